The number of nitrogens with one attached hydrogen (secondary N) is 1. The minimum absolute atomic E-state index is 0.0340. The molecule has 0 radical (unpaired) electrons. The summed E-state index contributed by atoms with van der Waals surface area (Å²) in [6, 6.07) is 8.93. The first-order chi connectivity index (χ1) is 8.97. The molecule has 1 heterocycles. The topological polar surface area (TPSA) is 25.2 Å². The fourth-order valence-corrected chi connectivity index (χ4v) is 2.42. The highest BCUT2D eigenvalue weighted by atomic mass is 79.9. The SMILES string of the molecule is Cc1ccc(C(C)NC(C)c2ccc(Br)cc2F)o1. The van der Waals surface area contributed by atoms with Crippen LogP contribution >= 0.6 is 15.9 Å². The zero-order chi connectivity index (χ0) is 14.0. The normalized spacial score (nSPS) is 14.4. The van der Waals surface area contributed by atoms with Gasteiger partial charge in [0.05, 0.1) is 6.04 Å². The average molecular weight is 326 g/mol. The van der Waals surface area contributed by atoms with Gasteiger partial charge in [0.25, 0.3) is 0 Å². The fraction of sp³-hybridized carbons (Fsp3) is 0.333. The second-order valence-corrected chi connectivity index (χ2v) is 5.64. The lowest BCUT2D eigenvalue weighted by Gasteiger charge is -2.19. The van der Waals surface area contributed by atoms with Crippen LogP contribution in [0.3, 0.4) is 0 Å². The number of aryl methyl sites for hydroxylation is 1. The standard InChI is InChI=1S/C15H17BrFNO/c1-9-4-7-15(19-9)11(3)18-10(2)13-6-5-12(16)8-14(13)17/h4-8,10-11,18H,1-3H3. The van der Waals surface area contributed by atoms with E-state index in [-0.39, 0.29) is 17.9 Å². The minimum atomic E-state index is -0.211. The number of hydrogen-bond acceptors (Lipinski definition) is 2. The molecule has 0 bridgehead atoms. The quantitative estimate of drug-likeness (QED) is 0.864. The van der Waals surface area contributed by atoms with Crippen molar-refractivity contribution >= 4 is 15.9 Å². The van der Waals surface area contributed by atoms with Gasteiger partial charge in [-0.1, -0.05) is 22.0 Å². The molecule has 2 unspecified atom stereocenters. The lowest BCUT2D eigenvalue weighted by Crippen LogP contribution is -2.22. The largest absolute Gasteiger partial charge is 0.465 e. The molecular weight excluding hydrogens is 309 g/mol. The highest BCUT2D eigenvalue weighted by Crippen LogP contribution is 2.24. The maximum absolute atomic E-state index is 13.9. The summed E-state index contributed by atoms with van der Waals surface area (Å²) < 4.78 is 20.2. The van der Waals surface area contributed by atoms with E-state index in [1.807, 2.05) is 39.0 Å². The molecule has 0 saturated heterocycles. The van der Waals surface area contributed by atoms with Gasteiger partial charge in [0, 0.05) is 16.1 Å². The van der Waals surface area contributed by atoms with Crippen LogP contribution in [-0.4, -0.2) is 0 Å². The molecule has 1 aromatic heterocycles. The molecule has 0 aliphatic heterocycles. The molecule has 102 valence electrons. The summed E-state index contributed by atoms with van der Waals surface area (Å²) in [4.78, 5) is 0. The Hall–Kier alpha value is -1.13. The number of benzene rings is 1. The van der Waals surface area contributed by atoms with E-state index in [0.717, 1.165) is 16.0 Å². The van der Waals surface area contributed by atoms with Crippen molar-refractivity contribution < 1.29 is 8.81 Å². The molecule has 0 amide bonds. The van der Waals surface area contributed by atoms with Crippen LogP contribution in [0.5, 0.6) is 0 Å². The van der Waals surface area contributed by atoms with Gasteiger partial charge in [-0.3, -0.25) is 0 Å². The maximum atomic E-state index is 13.9. The van der Waals surface area contributed by atoms with Crippen LogP contribution in [0.2, 0.25) is 0 Å². The van der Waals surface area contributed by atoms with Gasteiger partial charge in [-0.2, -0.15) is 0 Å². The van der Waals surface area contributed by atoms with E-state index in [4.69, 9.17) is 4.42 Å². The van der Waals surface area contributed by atoms with Crippen LogP contribution in [0.1, 0.15) is 43.0 Å². The molecule has 2 rings (SSSR count). The Morgan fingerprint density at radius 1 is 1.16 bits per heavy atom. The van der Waals surface area contributed by atoms with Crippen molar-refractivity contribution in [3.63, 3.8) is 0 Å². The van der Waals surface area contributed by atoms with Gasteiger partial charge in [0.2, 0.25) is 0 Å². The van der Waals surface area contributed by atoms with Gasteiger partial charge < -0.3 is 9.73 Å². The number of halogens is 2. The van der Waals surface area contributed by atoms with Crippen molar-refractivity contribution in [1.29, 1.82) is 0 Å². The van der Waals surface area contributed by atoms with Gasteiger partial charge in [-0.25, -0.2) is 4.39 Å². The second kappa shape index (κ2) is 5.88. The smallest absolute Gasteiger partial charge is 0.129 e. The zero-order valence-corrected chi connectivity index (χ0v) is 12.8. The van der Waals surface area contributed by atoms with Crippen LogP contribution in [0.15, 0.2) is 39.2 Å². The van der Waals surface area contributed by atoms with E-state index in [0.29, 0.717) is 5.56 Å². The molecule has 2 nitrogen and oxygen atoms in total. The highest BCUT2D eigenvalue weighted by Gasteiger charge is 2.16. The predicted octanol–water partition coefficient (Wildman–Crippen LogP) is 4.90. The molecule has 1 N–H and O–H groups in total. The Morgan fingerprint density at radius 3 is 2.47 bits per heavy atom. The summed E-state index contributed by atoms with van der Waals surface area (Å²) in [5.41, 5.74) is 0.651. The van der Waals surface area contributed by atoms with E-state index in [1.165, 1.54) is 6.07 Å². The summed E-state index contributed by atoms with van der Waals surface area (Å²) >= 11 is 3.26. The monoisotopic (exact) mass is 325 g/mol. The van der Waals surface area contributed by atoms with E-state index in [9.17, 15) is 4.39 Å². The molecule has 19 heavy (non-hydrogen) atoms. The zero-order valence-electron chi connectivity index (χ0n) is 11.2. The van der Waals surface area contributed by atoms with Crippen LogP contribution in [0.4, 0.5) is 4.39 Å². The first kappa shape index (κ1) is 14.3. The van der Waals surface area contributed by atoms with Gasteiger partial charge in [-0.15, -0.1) is 0 Å². The Morgan fingerprint density at radius 2 is 1.89 bits per heavy atom. The van der Waals surface area contributed by atoms with Crippen LogP contribution < -0.4 is 5.32 Å². The second-order valence-electron chi connectivity index (χ2n) is 4.72. The number of hydrogen-bond donors (Lipinski definition) is 1. The Bertz CT molecular complexity index is 567. The van der Waals surface area contributed by atoms with Gasteiger partial charge >= 0.3 is 0 Å². The molecule has 2 aromatic rings. The third kappa shape index (κ3) is 3.45. The summed E-state index contributed by atoms with van der Waals surface area (Å²) in [5, 5.41) is 3.34. The summed E-state index contributed by atoms with van der Waals surface area (Å²) in [5.74, 6) is 1.53. The van der Waals surface area contributed by atoms with E-state index >= 15 is 0 Å². The van der Waals surface area contributed by atoms with Crippen LogP contribution in [-0.2, 0) is 0 Å². The van der Waals surface area contributed by atoms with E-state index < -0.39 is 0 Å². The Balaban J connectivity index is 2.10. The van der Waals surface area contributed by atoms with Crippen molar-refractivity contribution in [2.45, 2.75) is 32.9 Å². The van der Waals surface area contributed by atoms with Crippen molar-refractivity contribution in [2.24, 2.45) is 0 Å². The molecule has 0 aliphatic rings. The Labute approximate surface area is 121 Å². The molecule has 0 fully saturated rings. The van der Waals surface area contributed by atoms with Gasteiger partial charge in [0.15, 0.2) is 0 Å². The summed E-state index contributed by atoms with van der Waals surface area (Å²) in [6.07, 6.45) is 0. The first-order valence-electron chi connectivity index (χ1n) is 6.24. The van der Waals surface area contributed by atoms with Crippen LogP contribution in [0, 0.1) is 12.7 Å². The molecule has 0 spiro atoms. The van der Waals surface area contributed by atoms with Crippen molar-refractivity contribution in [3.8, 4) is 0 Å². The van der Waals surface area contributed by atoms with Gasteiger partial charge in [-0.05, 0) is 45.0 Å². The molecule has 2 atom stereocenters. The van der Waals surface area contributed by atoms with E-state index in [2.05, 4.69) is 21.2 Å². The highest BCUT2D eigenvalue weighted by molar-refractivity contribution is 9.10. The van der Waals surface area contributed by atoms with Crippen molar-refractivity contribution in [3.05, 3.63) is 57.7 Å². The third-order valence-electron chi connectivity index (χ3n) is 3.12. The lowest BCUT2D eigenvalue weighted by atomic mass is 10.1. The minimum Gasteiger partial charge on any atom is -0.465 e. The molecule has 0 aliphatic carbocycles. The first-order valence-corrected chi connectivity index (χ1v) is 7.04. The van der Waals surface area contributed by atoms with Gasteiger partial charge in [0.1, 0.15) is 17.3 Å². The number of rotatable bonds is 4. The predicted molar refractivity (Wildman–Crippen MR) is 77.5 cm³/mol. The van der Waals surface area contributed by atoms with Crippen molar-refractivity contribution in [2.75, 3.05) is 0 Å². The molecular formula is C15H17BrFNO. The van der Waals surface area contributed by atoms with E-state index in [1.54, 1.807) is 6.07 Å². The lowest BCUT2D eigenvalue weighted by molar-refractivity contribution is 0.388. The average Bonchev–Trinajstić information content (AvgIpc) is 2.75. The maximum Gasteiger partial charge on any atom is 0.129 e. The summed E-state index contributed by atoms with van der Waals surface area (Å²) in [6.45, 7) is 5.86. The Kier molecular flexibility index (Phi) is 4.42. The summed E-state index contributed by atoms with van der Waals surface area (Å²) in [7, 11) is 0. The molecule has 4 heteroatoms. The number of furan rings is 1. The third-order valence-corrected chi connectivity index (χ3v) is 3.61. The fourth-order valence-electron chi connectivity index (χ4n) is 2.09. The van der Waals surface area contributed by atoms with Crippen molar-refractivity contribution in [1.82, 2.24) is 5.32 Å². The molecule has 1 aromatic carbocycles. The molecule has 0 saturated carbocycles. The van der Waals surface area contributed by atoms with Crippen LogP contribution in [0.25, 0.3) is 0 Å².